The van der Waals surface area contributed by atoms with Crippen LogP contribution in [0.15, 0.2) is 18.2 Å². The fourth-order valence-corrected chi connectivity index (χ4v) is 2.72. The van der Waals surface area contributed by atoms with E-state index < -0.39 is 0 Å². The Kier molecular flexibility index (Phi) is 3.49. The van der Waals surface area contributed by atoms with Crippen LogP contribution in [0, 0.1) is 11.8 Å². The Morgan fingerprint density at radius 3 is 2.17 bits per heavy atom. The lowest BCUT2D eigenvalue weighted by Gasteiger charge is -2.26. The molecule has 0 heterocycles. The molecular formula is C15H20ClNO. The number of benzene rings is 1. The van der Waals surface area contributed by atoms with Gasteiger partial charge in [-0.3, -0.25) is 0 Å². The lowest BCUT2D eigenvalue weighted by atomic mass is 10.2. The highest BCUT2D eigenvalue weighted by molar-refractivity contribution is 6.33. The average Bonchev–Trinajstić information content (AvgIpc) is 3.23. The van der Waals surface area contributed by atoms with Crippen molar-refractivity contribution in [3.63, 3.8) is 0 Å². The van der Waals surface area contributed by atoms with Gasteiger partial charge in [0.1, 0.15) is 0 Å². The monoisotopic (exact) mass is 265 g/mol. The SMILES string of the molecule is OCc1ccc(N(CC2CC2)CC2CC2)c(Cl)c1. The molecule has 3 rings (SSSR count). The molecule has 0 amide bonds. The molecule has 18 heavy (non-hydrogen) atoms. The molecule has 0 spiro atoms. The van der Waals surface area contributed by atoms with Crippen LogP contribution in [-0.4, -0.2) is 18.2 Å². The summed E-state index contributed by atoms with van der Waals surface area (Å²) in [4.78, 5) is 2.46. The summed E-state index contributed by atoms with van der Waals surface area (Å²) in [7, 11) is 0. The highest BCUT2D eigenvalue weighted by Gasteiger charge is 2.30. The van der Waals surface area contributed by atoms with Crippen molar-refractivity contribution in [1.82, 2.24) is 0 Å². The zero-order chi connectivity index (χ0) is 12.5. The van der Waals surface area contributed by atoms with Crippen molar-refractivity contribution in [2.24, 2.45) is 11.8 Å². The normalized spacial score (nSPS) is 19.0. The maximum atomic E-state index is 9.13. The van der Waals surface area contributed by atoms with Gasteiger partial charge in [0.05, 0.1) is 17.3 Å². The number of rotatable bonds is 6. The van der Waals surface area contributed by atoms with Crippen molar-refractivity contribution in [3.05, 3.63) is 28.8 Å². The molecule has 2 fully saturated rings. The van der Waals surface area contributed by atoms with E-state index in [1.807, 2.05) is 12.1 Å². The Hall–Kier alpha value is -0.730. The number of hydrogen-bond donors (Lipinski definition) is 1. The number of nitrogens with zero attached hydrogens (tertiary/aromatic N) is 1. The number of halogens is 1. The Morgan fingerprint density at radius 1 is 1.11 bits per heavy atom. The summed E-state index contributed by atoms with van der Waals surface area (Å²) in [6.45, 7) is 2.36. The molecule has 2 nitrogen and oxygen atoms in total. The minimum Gasteiger partial charge on any atom is -0.392 e. The van der Waals surface area contributed by atoms with E-state index in [9.17, 15) is 0 Å². The molecule has 0 radical (unpaired) electrons. The molecule has 3 heteroatoms. The molecule has 0 aliphatic heterocycles. The second kappa shape index (κ2) is 5.10. The van der Waals surface area contributed by atoms with Gasteiger partial charge in [-0.1, -0.05) is 17.7 Å². The Balaban J connectivity index is 1.77. The predicted octanol–water partition coefficient (Wildman–Crippen LogP) is 3.46. The minimum absolute atomic E-state index is 0.0608. The van der Waals surface area contributed by atoms with Gasteiger partial charge in [0.15, 0.2) is 0 Å². The molecule has 0 saturated heterocycles. The van der Waals surface area contributed by atoms with Gasteiger partial charge in [-0.05, 0) is 55.2 Å². The second-order valence-corrected chi connectivity index (χ2v) is 6.14. The van der Waals surface area contributed by atoms with E-state index in [2.05, 4.69) is 11.0 Å². The first-order chi connectivity index (χ1) is 8.76. The predicted molar refractivity (Wildman–Crippen MR) is 75.0 cm³/mol. The zero-order valence-electron chi connectivity index (χ0n) is 10.6. The summed E-state index contributed by atoms with van der Waals surface area (Å²) in [5, 5.41) is 9.91. The molecule has 1 aromatic rings. The standard InChI is InChI=1S/C15H20ClNO/c16-14-7-13(10-18)5-6-15(14)17(8-11-1-2-11)9-12-3-4-12/h5-7,11-12,18H,1-4,8-10H2. The fraction of sp³-hybridized carbons (Fsp3) is 0.600. The first-order valence-corrected chi connectivity index (χ1v) is 7.28. The summed E-state index contributed by atoms with van der Waals surface area (Å²) in [5.74, 6) is 1.75. The van der Waals surface area contributed by atoms with Crippen LogP contribution in [0.25, 0.3) is 0 Å². The van der Waals surface area contributed by atoms with E-state index in [1.54, 1.807) is 0 Å². The lowest BCUT2D eigenvalue weighted by Crippen LogP contribution is -2.28. The summed E-state index contributed by atoms with van der Waals surface area (Å²) < 4.78 is 0. The quantitative estimate of drug-likeness (QED) is 0.852. The topological polar surface area (TPSA) is 23.5 Å². The maximum Gasteiger partial charge on any atom is 0.0682 e. The molecule has 0 atom stereocenters. The number of anilines is 1. The Labute approximate surface area is 114 Å². The van der Waals surface area contributed by atoms with Crippen molar-refractivity contribution >= 4 is 17.3 Å². The van der Waals surface area contributed by atoms with Gasteiger partial charge in [0.25, 0.3) is 0 Å². The van der Waals surface area contributed by atoms with Crippen LogP contribution in [0.2, 0.25) is 5.02 Å². The second-order valence-electron chi connectivity index (χ2n) is 5.74. The highest BCUT2D eigenvalue weighted by Crippen LogP contribution is 2.37. The molecule has 1 N–H and O–H groups in total. The summed E-state index contributed by atoms with van der Waals surface area (Å²) in [6, 6.07) is 5.94. The molecule has 2 aliphatic carbocycles. The van der Waals surface area contributed by atoms with E-state index in [-0.39, 0.29) is 6.61 Å². The molecule has 0 unspecified atom stereocenters. The van der Waals surface area contributed by atoms with Crippen LogP contribution < -0.4 is 4.90 Å². The summed E-state index contributed by atoms with van der Waals surface area (Å²) in [6.07, 6.45) is 5.47. The largest absolute Gasteiger partial charge is 0.392 e. The van der Waals surface area contributed by atoms with Crippen LogP contribution in [-0.2, 0) is 6.61 Å². The number of aliphatic hydroxyl groups excluding tert-OH is 1. The van der Waals surface area contributed by atoms with Crippen LogP contribution in [0.4, 0.5) is 5.69 Å². The van der Waals surface area contributed by atoms with Gasteiger partial charge in [0, 0.05) is 13.1 Å². The molecule has 0 aromatic heterocycles. The molecule has 1 aromatic carbocycles. The van der Waals surface area contributed by atoms with Crippen molar-refractivity contribution < 1.29 is 5.11 Å². The van der Waals surface area contributed by atoms with Gasteiger partial charge in [-0.15, -0.1) is 0 Å². The van der Waals surface area contributed by atoms with Crippen LogP contribution in [0.1, 0.15) is 31.2 Å². The third-order valence-electron chi connectivity index (χ3n) is 3.89. The van der Waals surface area contributed by atoms with E-state index in [0.717, 1.165) is 41.2 Å². The molecule has 0 bridgehead atoms. The maximum absolute atomic E-state index is 9.13. The third-order valence-corrected chi connectivity index (χ3v) is 4.19. The fourth-order valence-electron chi connectivity index (χ4n) is 2.40. The highest BCUT2D eigenvalue weighted by atomic mass is 35.5. The first-order valence-electron chi connectivity index (χ1n) is 6.90. The van der Waals surface area contributed by atoms with Gasteiger partial charge < -0.3 is 10.0 Å². The molecule has 2 saturated carbocycles. The van der Waals surface area contributed by atoms with E-state index >= 15 is 0 Å². The van der Waals surface area contributed by atoms with Crippen molar-refractivity contribution in [1.29, 1.82) is 0 Å². The van der Waals surface area contributed by atoms with Gasteiger partial charge in [0.2, 0.25) is 0 Å². The number of aliphatic hydroxyl groups is 1. The molecule has 2 aliphatic rings. The Morgan fingerprint density at radius 2 is 1.72 bits per heavy atom. The van der Waals surface area contributed by atoms with Crippen LogP contribution in [0.5, 0.6) is 0 Å². The molecule has 98 valence electrons. The van der Waals surface area contributed by atoms with Crippen molar-refractivity contribution in [3.8, 4) is 0 Å². The van der Waals surface area contributed by atoms with Crippen molar-refractivity contribution in [2.45, 2.75) is 32.3 Å². The smallest absolute Gasteiger partial charge is 0.0682 e. The summed E-state index contributed by atoms with van der Waals surface area (Å²) >= 11 is 6.36. The van der Waals surface area contributed by atoms with Crippen LogP contribution >= 0.6 is 11.6 Å². The first kappa shape index (κ1) is 12.3. The van der Waals surface area contributed by atoms with Crippen LogP contribution in [0.3, 0.4) is 0 Å². The third kappa shape index (κ3) is 2.99. The van der Waals surface area contributed by atoms with Crippen molar-refractivity contribution in [2.75, 3.05) is 18.0 Å². The van der Waals surface area contributed by atoms with Gasteiger partial charge >= 0.3 is 0 Å². The minimum atomic E-state index is 0.0608. The summed E-state index contributed by atoms with van der Waals surface area (Å²) in [5.41, 5.74) is 2.04. The Bertz CT molecular complexity index is 413. The average molecular weight is 266 g/mol. The van der Waals surface area contributed by atoms with E-state index in [1.165, 1.54) is 25.7 Å². The number of hydrogen-bond acceptors (Lipinski definition) is 2. The van der Waals surface area contributed by atoms with E-state index in [0.29, 0.717) is 0 Å². The zero-order valence-corrected chi connectivity index (χ0v) is 11.4. The molecular weight excluding hydrogens is 246 g/mol. The van der Waals surface area contributed by atoms with E-state index in [4.69, 9.17) is 16.7 Å². The van der Waals surface area contributed by atoms with Gasteiger partial charge in [-0.2, -0.15) is 0 Å². The van der Waals surface area contributed by atoms with Gasteiger partial charge in [-0.25, -0.2) is 0 Å². The lowest BCUT2D eigenvalue weighted by molar-refractivity contribution is 0.282.